The fourth-order valence-corrected chi connectivity index (χ4v) is 5.61. The van der Waals surface area contributed by atoms with Crippen molar-refractivity contribution in [2.75, 3.05) is 26.2 Å². The average molecular weight is 477 g/mol. The number of carbonyl (C=O) groups is 1. The Hall–Kier alpha value is -2.39. The second-order valence-corrected chi connectivity index (χ2v) is 9.84. The molecule has 184 valence electrons. The van der Waals surface area contributed by atoms with Crippen LogP contribution in [0.5, 0.6) is 0 Å². The molecule has 1 amide bonds. The highest BCUT2D eigenvalue weighted by atomic mass is 19.4. The molecule has 0 bridgehead atoms. The minimum Gasteiger partial charge on any atom is -0.394 e. The van der Waals surface area contributed by atoms with Gasteiger partial charge in [-0.3, -0.25) is 4.79 Å². The van der Waals surface area contributed by atoms with E-state index in [2.05, 4.69) is 10.00 Å². The summed E-state index contributed by atoms with van der Waals surface area (Å²) in [5.41, 5.74) is 1.27. The number of amides is 1. The summed E-state index contributed by atoms with van der Waals surface area (Å²) in [7, 11) is 0. The van der Waals surface area contributed by atoms with Crippen molar-refractivity contribution in [2.45, 2.75) is 69.6 Å². The molecule has 9 heteroatoms. The second kappa shape index (κ2) is 9.00. The largest absolute Gasteiger partial charge is 0.416 e. The number of alkyl halides is 3. The molecule has 2 aromatic rings. The van der Waals surface area contributed by atoms with Gasteiger partial charge in [-0.1, -0.05) is 6.07 Å². The first-order valence-electron chi connectivity index (χ1n) is 12.2. The van der Waals surface area contributed by atoms with E-state index in [1.54, 1.807) is 17.9 Å². The van der Waals surface area contributed by atoms with Gasteiger partial charge in [0.25, 0.3) is 5.91 Å². The first-order chi connectivity index (χ1) is 16.3. The molecular formula is C25H31F3N4O2. The number of hydrogen-bond acceptors (Lipinski definition) is 4. The number of piperidine rings is 1. The van der Waals surface area contributed by atoms with Crippen LogP contribution < -0.4 is 0 Å². The van der Waals surface area contributed by atoms with Gasteiger partial charge in [0.1, 0.15) is 0 Å². The highest BCUT2D eigenvalue weighted by Crippen LogP contribution is 2.44. The van der Waals surface area contributed by atoms with E-state index in [0.717, 1.165) is 50.9 Å². The number of carbonyl (C=O) groups excluding carboxylic acids is 1. The zero-order valence-corrected chi connectivity index (χ0v) is 19.4. The van der Waals surface area contributed by atoms with Gasteiger partial charge in [0.05, 0.1) is 40.9 Å². The molecule has 3 aliphatic rings. The van der Waals surface area contributed by atoms with E-state index >= 15 is 0 Å². The van der Waals surface area contributed by atoms with Gasteiger partial charge in [-0.15, -0.1) is 0 Å². The van der Waals surface area contributed by atoms with Crippen LogP contribution in [0, 0.1) is 6.92 Å². The van der Waals surface area contributed by atoms with Crippen molar-refractivity contribution >= 4 is 5.91 Å². The maximum absolute atomic E-state index is 13.8. The third-order valence-corrected chi connectivity index (χ3v) is 7.51. The molecule has 0 spiro atoms. The van der Waals surface area contributed by atoms with E-state index in [4.69, 9.17) is 0 Å². The second-order valence-electron chi connectivity index (χ2n) is 9.84. The van der Waals surface area contributed by atoms with Gasteiger partial charge in [0.2, 0.25) is 0 Å². The van der Waals surface area contributed by atoms with Gasteiger partial charge in [0, 0.05) is 18.5 Å². The summed E-state index contributed by atoms with van der Waals surface area (Å²) in [6, 6.07) is 5.21. The van der Waals surface area contributed by atoms with Crippen LogP contribution in [-0.2, 0) is 6.18 Å². The van der Waals surface area contributed by atoms with Gasteiger partial charge in [-0.25, -0.2) is 4.68 Å². The lowest BCUT2D eigenvalue weighted by molar-refractivity contribution is -0.137. The normalized spacial score (nSPS) is 24.1. The average Bonchev–Trinajstić information content (AvgIpc) is 3.39. The SMILES string of the molecule is Cc1nn(-c2cccc(C(F)(F)F)c2)c(C2CC2)c1C(=O)N1CC[C@H](N2CCCC2)C[C@H]1CO. The molecule has 3 fully saturated rings. The molecule has 1 aromatic heterocycles. The summed E-state index contributed by atoms with van der Waals surface area (Å²) in [6.45, 7) is 4.35. The minimum atomic E-state index is -4.45. The summed E-state index contributed by atoms with van der Waals surface area (Å²) >= 11 is 0. The number of aryl methyl sites for hydroxylation is 1. The molecule has 1 N–H and O–H groups in total. The molecule has 6 nitrogen and oxygen atoms in total. The lowest BCUT2D eigenvalue weighted by Gasteiger charge is -2.42. The Morgan fingerprint density at radius 2 is 1.88 bits per heavy atom. The van der Waals surface area contributed by atoms with Crippen LogP contribution >= 0.6 is 0 Å². The Labute approximate surface area is 197 Å². The van der Waals surface area contributed by atoms with Crippen molar-refractivity contribution < 1.29 is 23.1 Å². The first-order valence-corrected chi connectivity index (χ1v) is 12.2. The summed E-state index contributed by atoms with van der Waals surface area (Å²) in [4.78, 5) is 18.0. The quantitative estimate of drug-likeness (QED) is 0.705. The lowest BCUT2D eigenvalue weighted by atomic mass is 9.95. The summed E-state index contributed by atoms with van der Waals surface area (Å²) in [6.07, 6.45) is 1.30. The molecule has 2 atom stereocenters. The van der Waals surface area contributed by atoms with Crippen molar-refractivity contribution in [3.8, 4) is 5.69 Å². The Balaban J connectivity index is 1.46. The predicted molar refractivity (Wildman–Crippen MR) is 121 cm³/mol. The van der Waals surface area contributed by atoms with Crippen molar-refractivity contribution in [3.63, 3.8) is 0 Å². The maximum atomic E-state index is 13.8. The Bertz CT molecular complexity index is 1060. The Morgan fingerprint density at radius 1 is 1.15 bits per heavy atom. The van der Waals surface area contributed by atoms with Gasteiger partial charge in [-0.2, -0.15) is 18.3 Å². The molecule has 1 aromatic carbocycles. The fraction of sp³-hybridized carbons (Fsp3) is 0.600. The van der Waals surface area contributed by atoms with Crippen molar-refractivity contribution in [2.24, 2.45) is 0 Å². The van der Waals surface area contributed by atoms with Gasteiger partial charge >= 0.3 is 6.18 Å². The van der Waals surface area contributed by atoms with E-state index in [9.17, 15) is 23.1 Å². The van der Waals surface area contributed by atoms with E-state index in [1.165, 1.54) is 23.6 Å². The molecule has 3 heterocycles. The van der Waals surface area contributed by atoms with Crippen LogP contribution in [0.4, 0.5) is 13.2 Å². The van der Waals surface area contributed by atoms with Crippen LogP contribution in [0.2, 0.25) is 0 Å². The zero-order valence-electron chi connectivity index (χ0n) is 19.4. The molecule has 0 radical (unpaired) electrons. The van der Waals surface area contributed by atoms with Crippen LogP contribution in [0.15, 0.2) is 24.3 Å². The first kappa shape index (κ1) is 23.4. The van der Waals surface area contributed by atoms with E-state index in [1.807, 2.05) is 0 Å². The molecule has 34 heavy (non-hydrogen) atoms. The summed E-state index contributed by atoms with van der Waals surface area (Å²) < 4.78 is 41.5. The third kappa shape index (κ3) is 4.35. The molecule has 1 saturated carbocycles. The van der Waals surface area contributed by atoms with Crippen LogP contribution in [0.25, 0.3) is 5.69 Å². The number of rotatable bonds is 5. The van der Waals surface area contributed by atoms with Crippen molar-refractivity contribution in [1.29, 1.82) is 0 Å². The number of hydrogen-bond donors (Lipinski definition) is 1. The maximum Gasteiger partial charge on any atom is 0.416 e. The molecule has 2 aliphatic heterocycles. The lowest BCUT2D eigenvalue weighted by Crippen LogP contribution is -2.53. The van der Waals surface area contributed by atoms with Gasteiger partial charge < -0.3 is 14.9 Å². The van der Waals surface area contributed by atoms with Crippen LogP contribution in [-0.4, -0.2) is 68.9 Å². The standard InChI is InChI=1S/C25H31F3N4O2/c1-16-22(24(34)31-12-9-19(14-21(31)15-33)30-10-2-3-11-30)23(17-7-8-17)32(29-16)20-6-4-5-18(13-20)25(26,27)28/h4-6,13,17,19,21,33H,2-3,7-12,14-15H2,1H3/t19-,21-/m0/s1. The molecule has 1 aliphatic carbocycles. The van der Waals surface area contributed by atoms with Gasteiger partial charge in [-0.05, 0) is 76.7 Å². The van der Waals surface area contributed by atoms with Crippen LogP contribution in [0.3, 0.4) is 0 Å². The Kier molecular flexibility index (Phi) is 6.18. The number of nitrogens with zero attached hydrogens (tertiary/aromatic N) is 4. The molecule has 2 saturated heterocycles. The zero-order chi connectivity index (χ0) is 24.0. The number of aromatic nitrogens is 2. The monoisotopic (exact) mass is 476 g/mol. The van der Waals surface area contributed by atoms with E-state index in [0.29, 0.717) is 35.2 Å². The number of aliphatic hydroxyl groups excluding tert-OH is 1. The third-order valence-electron chi connectivity index (χ3n) is 7.51. The fourth-order valence-electron chi connectivity index (χ4n) is 5.61. The smallest absolute Gasteiger partial charge is 0.394 e. The topological polar surface area (TPSA) is 61.6 Å². The van der Waals surface area contributed by atoms with Crippen LogP contribution in [0.1, 0.15) is 71.8 Å². The minimum absolute atomic E-state index is 0.101. The Morgan fingerprint density at radius 3 is 2.53 bits per heavy atom. The summed E-state index contributed by atoms with van der Waals surface area (Å²) in [5, 5.41) is 14.7. The molecule has 0 unspecified atom stereocenters. The predicted octanol–water partition coefficient (Wildman–Crippen LogP) is 4.14. The number of aliphatic hydroxyl groups is 1. The number of likely N-dealkylation sites (tertiary alicyclic amines) is 2. The van der Waals surface area contributed by atoms with E-state index in [-0.39, 0.29) is 24.5 Å². The van der Waals surface area contributed by atoms with E-state index < -0.39 is 11.7 Å². The van der Waals surface area contributed by atoms with Crippen molar-refractivity contribution in [3.05, 3.63) is 46.8 Å². The number of benzene rings is 1. The highest BCUT2D eigenvalue weighted by Gasteiger charge is 2.40. The van der Waals surface area contributed by atoms with Gasteiger partial charge in [0.15, 0.2) is 0 Å². The molecule has 5 rings (SSSR count). The number of halogens is 3. The molecular weight excluding hydrogens is 445 g/mol. The highest BCUT2D eigenvalue weighted by molar-refractivity contribution is 5.97. The summed E-state index contributed by atoms with van der Waals surface area (Å²) in [5.74, 6) is -0.0686. The van der Waals surface area contributed by atoms with Crippen molar-refractivity contribution in [1.82, 2.24) is 19.6 Å².